The van der Waals surface area contributed by atoms with E-state index in [1.165, 1.54) is 12.1 Å². The highest BCUT2D eigenvalue weighted by Gasteiger charge is 2.09. The van der Waals surface area contributed by atoms with E-state index in [1.54, 1.807) is 24.1 Å². The molecule has 0 aliphatic rings. The van der Waals surface area contributed by atoms with Crippen LogP contribution in [0.25, 0.3) is 0 Å². The van der Waals surface area contributed by atoms with Crippen molar-refractivity contribution in [1.29, 1.82) is 0 Å². The molecule has 2 N–H and O–H groups in total. The van der Waals surface area contributed by atoms with Crippen LogP contribution in [0.1, 0.15) is 18.4 Å². The molecule has 1 rings (SSSR count). The van der Waals surface area contributed by atoms with E-state index >= 15 is 0 Å². The number of hydrogen-bond acceptors (Lipinski definition) is 3. The zero-order valence-electron chi connectivity index (χ0n) is 12.3. The maximum absolute atomic E-state index is 12.8. The van der Waals surface area contributed by atoms with Crippen LogP contribution < -0.4 is 5.73 Å². The smallest absolute Gasteiger partial charge is 0.223 e. The Kier molecular flexibility index (Phi) is 7.18. The Balaban J connectivity index is 2.30. The fourth-order valence-electron chi connectivity index (χ4n) is 1.91. The number of carbonyl (C=O) groups is 1. The Morgan fingerprint density at radius 2 is 1.85 bits per heavy atom. The van der Waals surface area contributed by atoms with Gasteiger partial charge in [-0.3, -0.25) is 4.79 Å². The van der Waals surface area contributed by atoms with Crippen molar-refractivity contribution in [3.8, 4) is 0 Å². The van der Waals surface area contributed by atoms with Crippen molar-refractivity contribution in [2.45, 2.75) is 19.4 Å². The van der Waals surface area contributed by atoms with Crippen molar-refractivity contribution in [2.24, 2.45) is 5.73 Å². The highest BCUT2D eigenvalue weighted by molar-refractivity contribution is 5.76. The Morgan fingerprint density at radius 3 is 2.45 bits per heavy atom. The van der Waals surface area contributed by atoms with Crippen molar-refractivity contribution < 1.29 is 9.18 Å². The number of rotatable bonds is 8. The van der Waals surface area contributed by atoms with Crippen LogP contribution in [-0.2, 0) is 11.3 Å². The van der Waals surface area contributed by atoms with Gasteiger partial charge in [-0.1, -0.05) is 12.1 Å². The maximum atomic E-state index is 12.8. The van der Waals surface area contributed by atoms with Crippen LogP contribution in [0.2, 0.25) is 0 Å². The largest absolute Gasteiger partial charge is 0.346 e. The standard InChI is InChI=1S/C15H24FN3O/c1-18(12-13-4-6-14(16)7-5-13)11-8-15(20)19(2)10-3-9-17/h4-7H,3,8-12,17H2,1-2H3. The summed E-state index contributed by atoms with van der Waals surface area (Å²) in [6, 6.07) is 6.44. The summed E-state index contributed by atoms with van der Waals surface area (Å²) < 4.78 is 12.8. The van der Waals surface area contributed by atoms with E-state index in [1.807, 2.05) is 7.05 Å². The van der Waals surface area contributed by atoms with Gasteiger partial charge in [0.2, 0.25) is 5.91 Å². The summed E-state index contributed by atoms with van der Waals surface area (Å²) in [5.74, 6) is -0.0995. The molecule has 0 saturated heterocycles. The molecule has 0 saturated carbocycles. The molecule has 0 atom stereocenters. The number of hydrogen-bond donors (Lipinski definition) is 1. The summed E-state index contributed by atoms with van der Waals surface area (Å²) in [5.41, 5.74) is 6.46. The normalized spacial score (nSPS) is 10.8. The third-order valence-corrected chi connectivity index (χ3v) is 3.20. The van der Waals surface area contributed by atoms with E-state index in [4.69, 9.17) is 5.73 Å². The van der Waals surface area contributed by atoms with Gasteiger partial charge < -0.3 is 15.5 Å². The molecular formula is C15H24FN3O. The molecule has 0 aromatic heterocycles. The monoisotopic (exact) mass is 281 g/mol. The van der Waals surface area contributed by atoms with Gasteiger partial charge in [0.1, 0.15) is 5.82 Å². The molecule has 0 aliphatic heterocycles. The quantitative estimate of drug-likeness (QED) is 0.785. The summed E-state index contributed by atoms with van der Waals surface area (Å²) in [4.78, 5) is 15.6. The second-order valence-electron chi connectivity index (χ2n) is 5.07. The molecule has 1 aromatic rings. The van der Waals surface area contributed by atoms with E-state index in [0.29, 0.717) is 32.6 Å². The molecule has 1 aromatic carbocycles. The van der Waals surface area contributed by atoms with Gasteiger partial charge in [-0.05, 0) is 37.7 Å². The van der Waals surface area contributed by atoms with Gasteiger partial charge >= 0.3 is 0 Å². The van der Waals surface area contributed by atoms with Gasteiger partial charge in [0, 0.05) is 33.1 Å². The lowest BCUT2D eigenvalue weighted by molar-refractivity contribution is -0.130. The lowest BCUT2D eigenvalue weighted by Gasteiger charge is -2.20. The first-order chi connectivity index (χ1) is 9.52. The van der Waals surface area contributed by atoms with Crippen LogP contribution in [0.5, 0.6) is 0 Å². The molecule has 112 valence electrons. The van der Waals surface area contributed by atoms with Crippen LogP contribution in [0.4, 0.5) is 4.39 Å². The van der Waals surface area contributed by atoms with Gasteiger partial charge in [0.25, 0.3) is 0 Å². The summed E-state index contributed by atoms with van der Waals surface area (Å²) in [5, 5.41) is 0. The highest BCUT2D eigenvalue weighted by Crippen LogP contribution is 2.06. The van der Waals surface area contributed by atoms with Crippen molar-refractivity contribution in [2.75, 3.05) is 33.7 Å². The molecule has 0 heterocycles. The van der Waals surface area contributed by atoms with E-state index < -0.39 is 0 Å². The SMILES string of the molecule is CN(CCC(=O)N(C)CCCN)Cc1ccc(F)cc1. The minimum atomic E-state index is -0.229. The average Bonchev–Trinajstić information content (AvgIpc) is 2.44. The molecule has 20 heavy (non-hydrogen) atoms. The third kappa shape index (κ3) is 6.12. The fraction of sp³-hybridized carbons (Fsp3) is 0.533. The minimum absolute atomic E-state index is 0.129. The minimum Gasteiger partial charge on any atom is -0.346 e. The predicted molar refractivity (Wildman–Crippen MR) is 78.7 cm³/mol. The number of nitrogens with two attached hydrogens (primary N) is 1. The molecule has 0 aliphatic carbocycles. The second kappa shape index (κ2) is 8.66. The molecular weight excluding hydrogens is 257 g/mol. The topological polar surface area (TPSA) is 49.6 Å². The van der Waals surface area contributed by atoms with Crippen LogP contribution in [0, 0.1) is 5.82 Å². The first-order valence-electron chi connectivity index (χ1n) is 6.90. The predicted octanol–water partition coefficient (Wildman–Crippen LogP) is 1.45. The molecule has 0 fully saturated rings. The first kappa shape index (κ1) is 16.6. The van der Waals surface area contributed by atoms with Gasteiger partial charge in [-0.25, -0.2) is 4.39 Å². The number of benzene rings is 1. The van der Waals surface area contributed by atoms with E-state index in [0.717, 1.165) is 12.0 Å². The van der Waals surface area contributed by atoms with Crippen LogP contribution in [0.3, 0.4) is 0 Å². The fourth-order valence-corrected chi connectivity index (χ4v) is 1.91. The van der Waals surface area contributed by atoms with Crippen molar-refractivity contribution in [3.05, 3.63) is 35.6 Å². The van der Waals surface area contributed by atoms with E-state index in [-0.39, 0.29) is 11.7 Å². The summed E-state index contributed by atoms with van der Waals surface area (Å²) in [6.45, 7) is 2.70. The van der Waals surface area contributed by atoms with E-state index in [2.05, 4.69) is 4.90 Å². The summed E-state index contributed by atoms with van der Waals surface area (Å²) in [7, 11) is 3.76. The van der Waals surface area contributed by atoms with Crippen molar-refractivity contribution in [3.63, 3.8) is 0 Å². The van der Waals surface area contributed by atoms with Crippen LogP contribution >= 0.6 is 0 Å². The maximum Gasteiger partial charge on any atom is 0.223 e. The zero-order valence-corrected chi connectivity index (χ0v) is 12.3. The van der Waals surface area contributed by atoms with Crippen LogP contribution in [0.15, 0.2) is 24.3 Å². The molecule has 0 unspecified atom stereocenters. The molecule has 0 radical (unpaired) electrons. The second-order valence-corrected chi connectivity index (χ2v) is 5.07. The van der Waals surface area contributed by atoms with Gasteiger partial charge in [-0.15, -0.1) is 0 Å². The van der Waals surface area contributed by atoms with Crippen molar-refractivity contribution in [1.82, 2.24) is 9.80 Å². The highest BCUT2D eigenvalue weighted by atomic mass is 19.1. The molecule has 0 bridgehead atoms. The average molecular weight is 281 g/mol. The van der Waals surface area contributed by atoms with Gasteiger partial charge in [-0.2, -0.15) is 0 Å². The Hall–Kier alpha value is -1.46. The Morgan fingerprint density at radius 1 is 1.20 bits per heavy atom. The van der Waals surface area contributed by atoms with Gasteiger partial charge in [0.05, 0.1) is 0 Å². The lowest BCUT2D eigenvalue weighted by atomic mass is 10.2. The van der Waals surface area contributed by atoms with Gasteiger partial charge in [0.15, 0.2) is 0 Å². The third-order valence-electron chi connectivity index (χ3n) is 3.20. The number of halogens is 1. The number of carbonyl (C=O) groups excluding carboxylic acids is 1. The Bertz CT molecular complexity index is 408. The zero-order chi connectivity index (χ0) is 15.0. The molecule has 1 amide bonds. The van der Waals surface area contributed by atoms with Crippen molar-refractivity contribution >= 4 is 5.91 Å². The molecule has 5 heteroatoms. The first-order valence-corrected chi connectivity index (χ1v) is 6.90. The number of amides is 1. The Labute approximate surface area is 120 Å². The lowest BCUT2D eigenvalue weighted by Crippen LogP contribution is -2.32. The number of nitrogens with zero attached hydrogens (tertiary/aromatic N) is 2. The van der Waals surface area contributed by atoms with E-state index in [9.17, 15) is 9.18 Å². The summed E-state index contributed by atoms with van der Waals surface area (Å²) in [6.07, 6.45) is 1.31. The summed E-state index contributed by atoms with van der Waals surface area (Å²) >= 11 is 0. The van der Waals surface area contributed by atoms with Crippen LogP contribution in [-0.4, -0.2) is 49.4 Å². The molecule has 4 nitrogen and oxygen atoms in total. The molecule has 0 spiro atoms.